The Morgan fingerprint density at radius 3 is 2.83 bits per heavy atom. The molecule has 0 spiro atoms. The molecule has 1 atom stereocenters. The lowest BCUT2D eigenvalue weighted by atomic mass is 10.1. The maximum atomic E-state index is 5.90. The lowest BCUT2D eigenvalue weighted by molar-refractivity contribution is 0.728. The summed E-state index contributed by atoms with van der Waals surface area (Å²) in [7, 11) is 0. The fourth-order valence-corrected chi connectivity index (χ4v) is 2.63. The molecule has 0 aliphatic carbocycles. The molecule has 2 N–H and O–H groups in total. The van der Waals surface area contributed by atoms with Crippen molar-refractivity contribution in [2.24, 2.45) is 5.73 Å². The summed E-state index contributed by atoms with van der Waals surface area (Å²) in [4.78, 5) is 9.57. The van der Waals surface area contributed by atoms with E-state index in [1.165, 1.54) is 16.0 Å². The fourth-order valence-electron chi connectivity index (χ4n) is 1.76. The number of aryl methyl sites for hydroxylation is 1. The first-order chi connectivity index (χ1) is 8.65. The number of hydrogen-bond acceptors (Lipinski definition) is 4. The first-order valence-electron chi connectivity index (χ1n) is 5.94. The smallest absolute Gasteiger partial charge is 0.119 e. The highest BCUT2D eigenvalue weighted by molar-refractivity contribution is 7.99. The van der Waals surface area contributed by atoms with E-state index in [0.29, 0.717) is 0 Å². The number of rotatable bonds is 4. The summed E-state index contributed by atoms with van der Waals surface area (Å²) in [5.74, 6) is 0. The minimum Gasteiger partial charge on any atom is -0.328 e. The van der Waals surface area contributed by atoms with Crippen molar-refractivity contribution in [1.29, 1.82) is 0 Å². The van der Waals surface area contributed by atoms with E-state index in [2.05, 4.69) is 35.1 Å². The zero-order valence-electron chi connectivity index (χ0n) is 10.6. The van der Waals surface area contributed by atoms with Gasteiger partial charge in [0.1, 0.15) is 5.03 Å². The highest BCUT2D eigenvalue weighted by Gasteiger charge is 2.07. The van der Waals surface area contributed by atoms with Crippen LogP contribution < -0.4 is 5.73 Å². The third-order valence-corrected chi connectivity index (χ3v) is 3.55. The molecular formula is C14H17N3S. The van der Waals surface area contributed by atoms with Gasteiger partial charge in [-0.2, -0.15) is 0 Å². The Labute approximate surface area is 112 Å². The van der Waals surface area contributed by atoms with Crippen LogP contribution >= 0.6 is 11.8 Å². The molecule has 94 valence electrons. The van der Waals surface area contributed by atoms with Crippen LogP contribution in [-0.2, 0) is 6.42 Å². The predicted octanol–water partition coefficient (Wildman–Crippen LogP) is 2.83. The Balaban J connectivity index is 2.26. The quantitative estimate of drug-likeness (QED) is 0.917. The first-order valence-corrected chi connectivity index (χ1v) is 6.76. The van der Waals surface area contributed by atoms with E-state index in [1.807, 2.05) is 6.92 Å². The molecule has 3 nitrogen and oxygen atoms in total. The molecule has 4 heteroatoms. The number of hydrogen-bond donors (Lipinski definition) is 1. The minimum absolute atomic E-state index is 0.160. The second kappa shape index (κ2) is 5.98. The molecule has 1 unspecified atom stereocenters. The van der Waals surface area contributed by atoms with Crippen LogP contribution in [0.3, 0.4) is 0 Å². The summed E-state index contributed by atoms with van der Waals surface area (Å²) >= 11 is 1.64. The van der Waals surface area contributed by atoms with Gasteiger partial charge in [-0.1, -0.05) is 29.5 Å². The molecular weight excluding hydrogens is 242 g/mol. The van der Waals surface area contributed by atoms with Gasteiger partial charge in [-0.25, -0.2) is 4.98 Å². The maximum absolute atomic E-state index is 5.90. The zero-order valence-corrected chi connectivity index (χ0v) is 11.4. The van der Waals surface area contributed by atoms with Gasteiger partial charge in [0, 0.05) is 23.3 Å². The van der Waals surface area contributed by atoms with Crippen LogP contribution in [0.1, 0.15) is 18.1 Å². The molecule has 2 rings (SSSR count). The molecule has 0 saturated heterocycles. The number of nitrogens with zero attached hydrogens (tertiary/aromatic N) is 2. The van der Waals surface area contributed by atoms with Gasteiger partial charge in [-0.15, -0.1) is 0 Å². The maximum Gasteiger partial charge on any atom is 0.119 e. The van der Waals surface area contributed by atoms with Gasteiger partial charge in [-0.3, -0.25) is 4.98 Å². The summed E-state index contributed by atoms with van der Waals surface area (Å²) in [6.07, 6.45) is 6.05. The molecule has 0 bridgehead atoms. The van der Waals surface area contributed by atoms with Gasteiger partial charge in [0.2, 0.25) is 0 Å². The molecule has 1 heterocycles. The number of nitrogens with two attached hydrogens (primary N) is 1. The van der Waals surface area contributed by atoms with Gasteiger partial charge in [-0.05, 0) is 31.9 Å². The second-order valence-corrected chi connectivity index (χ2v) is 5.50. The van der Waals surface area contributed by atoms with E-state index in [1.54, 1.807) is 30.4 Å². The topological polar surface area (TPSA) is 51.8 Å². The van der Waals surface area contributed by atoms with Crippen molar-refractivity contribution in [1.82, 2.24) is 9.97 Å². The van der Waals surface area contributed by atoms with E-state index in [-0.39, 0.29) is 6.04 Å². The Kier molecular flexibility index (Phi) is 4.33. The van der Waals surface area contributed by atoms with Crippen molar-refractivity contribution in [3.05, 3.63) is 47.9 Å². The SMILES string of the molecule is Cc1ccc(Sc2cnccn2)c(CC(C)N)c1. The van der Waals surface area contributed by atoms with Gasteiger partial charge in [0.15, 0.2) is 0 Å². The summed E-state index contributed by atoms with van der Waals surface area (Å²) in [6, 6.07) is 6.60. The van der Waals surface area contributed by atoms with Gasteiger partial charge >= 0.3 is 0 Å². The zero-order chi connectivity index (χ0) is 13.0. The van der Waals surface area contributed by atoms with E-state index in [9.17, 15) is 0 Å². The van der Waals surface area contributed by atoms with Gasteiger partial charge in [0.25, 0.3) is 0 Å². The third-order valence-electron chi connectivity index (χ3n) is 2.51. The van der Waals surface area contributed by atoms with Crippen LogP contribution in [0.5, 0.6) is 0 Å². The molecule has 0 fully saturated rings. The van der Waals surface area contributed by atoms with Crippen LogP contribution in [0.25, 0.3) is 0 Å². The van der Waals surface area contributed by atoms with Crippen molar-refractivity contribution in [2.75, 3.05) is 0 Å². The Hall–Kier alpha value is -1.39. The summed E-state index contributed by atoms with van der Waals surface area (Å²) in [6.45, 7) is 4.13. The summed E-state index contributed by atoms with van der Waals surface area (Å²) in [5.41, 5.74) is 8.44. The van der Waals surface area contributed by atoms with Crippen molar-refractivity contribution in [3.63, 3.8) is 0 Å². The normalized spacial score (nSPS) is 12.4. The van der Waals surface area contributed by atoms with Crippen molar-refractivity contribution < 1.29 is 0 Å². The molecule has 0 saturated carbocycles. The Bertz CT molecular complexity index is 512. The van der Waals surface area contributed by atoms with Crippen LogP contribution in [0.15, 0.2) is 46.7 Å². The number of aromatic nitrogens is 2. The average Bonchev–Trinajstić information content (AvgIpc) is 2.33. The Morgan fingerprint density at radius 1 is 1.33 bits per heavy atom. The predicted molar refractivity (Wildman–Crippen MR) is 74.7 cm³/mol. The second-order valence-electron chi connectivity index (χ2n) is 4.44. The van der Waals surface area contributed by atoms with Gasteiger partial charge < -0.3 is 5.73 Å². The standard InChI is InChI=1S/C14H17N3S/c1-10-3-4-13(12(7-10)8-11(2)15)18-14-9-16-5-6-17-14/h3-7,9,11H,8,15H2,1-2H3. The Morgan fingerprint density at radius 2 is 2.17 bits per heavy atom. The third kappa shape index (κ3) is 3.55. The summed E-state index contributed by atoms with van der Waals surface area (Å²) in [5, 5.41) is 0.910. The highest BCUT2D eigenvalue weighted by Crippen LogP contribution is 2.29. The van der Waals surface area contributed by atoms with Gasteiger partial charge in [0.05, 0.1) is 6.20 Å². The average molecular weight is 259 g/mol. The molecule has 0 aliphatic rings. The van der Waals surface area contributed by atoms with Crippen LogP contribution in [0.4, 0.5) is 0 Å². The first kappa shape index (κ1) is 13.1. The molecule has 0 radical (unpaired) electrons. The van der Waals surface area contributed by atoms with Crippen LogP contribution in [-0.4, -0.2) is 16.0 Å². The molecule has 18 heavy (non-hydrogen) atoms. The highest BCUT2D eigenvalue weighted by atomic mass is 32.2. The fraction of sp³-hybridized carbons (Fsp3) is 0.286. The van der Waals surface area contributed by atoms with E-state index < -0.39 is 0 Å². The number of benzene rings is 1. The summed E-state index contributed by atoms with van der Waals surface area (Å²) < 4.78 is 0. The lowest BCUT2D eigenvalue weighted by Gasteiger charge is -2.11. The molecule has 1 aromatic carbocycles. The van der Waals surface area contributed by atoms with Crippen molar-refractivity contribution >= 4 is 11.8 Å². The van der Waals surface area contributed by atoms with E-state index in [0.717, 1.165) is 11.4 Å². The molecule has 0 amide bonds. The van der Waals surface area contributed by atoms with Crippen molar-refractivity contribution in [2.45, 2.75) is 36.2 Å². The largest absolute Gasteiger partial charge is 0.328 e. The van der Waals surface area contributed by atoms with Crippen LogP contribution in [0.2, 0.25) is 0 Å². The molecule has 2 aromatic rings. The molecule has 0 aliphatic heterocycles. The van der Waals surface area contributed by atoms with E-state index in [4.69, 9.17) is 5.73 Å². The van der Waals surface area contributed by atoms with Crippen molar-refractivity contribution in [3.8, 4) is 0 Å². The lowest BCUT2D eigenvalue weighted by Crippen LogP contribution is -2.18. The minimum atomic E-state index is 0.160. The monoisotopic (exact) mass is 259 g/mol. The van der Waals surface area contributed by atoms with Crippen LogP contribution in [0, 0.1) is 6.92 Å². The molecule has 1 aromatic heterocycles. The van der Waals surface area contributed by atoms with E-state index >= 15 is 0 Å².